The van der Waals surface area contributed by atoms with Crippen LogP contribution < -0.4 is 5.32 Å². The summed E-state index contributed by atoms with van der Waals surface area (Å²) >= 11 is 0. The van der Waals surface area contributed by atoms with Crippen molar-refractivity contribution in [3.8, 4) is 0 Å². The van der Waals surface area contributed by atoms with E-state index in [1.54, 1.807) is 6.07 Å². The van der Waals surface area contributed by atoms with Crippen molar-refractivity contribution in [1.29, 1.82) is 0 Å². The molecule has 27 heavy (non-hydrogen) atoms. The van der Waals surface area contributed by atoms with Crippen LogP contribution >= 0.6 is 0 Å². The first-order chi connectivity index (χ1) is 13.0. The van der Waals surface area contributed by atoms with Gasteiger partial charge in [0.2, 0.25) is 0 Å². The van der Waals surface area contributed by atoms with Crippen LogP contribution in [0, 0.1) is 5.92 Å². The summed E-state index contributed by atoms with van der Waals surface area (Å²) in [7, 11) is 0. The van der Waals surface area contributed by atoms with Crippen LogP contribution in [0.3, 0.4) is 0 Å². The second-order valence-electron chi connectivity index (χ2n) is 7.54. The maximum absolute atomic E-state index is 13.3. The van der Waals surface area contributed by atoms with E-state index in [2.05, 4.69) is 24.4 Å². The molecule has 0 unspecified atom stereocenters. The van der Waals surface area contributed by atoms with Crippen LogP contribution in [0.5, 0.6) is 0 Å². The van der Waals surface area contributed by atoms with Gasteiger partial charge >= 0.3 is 6.18 Å². The highest BCUT2D eigenvalue weighted by Crippen LogP contribution is 2.51. The number of nitrogens with one attached hydrogen (secondary N) is 1. The largest absolute Gasteiger partial charge is 0.416 e. The second kappa shape index (κ2) is 7.19. The number of hydrogen-bond donors (Lipinski definition) is 1. The smallest absolute Gasteiger partial charge is 0.378 e. The lowest BCUT2D eigenvalue weighted by Crippen LogP contribution is -2.39. The first-order valence-electron chi connectivity index (χ1n) is 9.65. The number of anilines is 1. The zero-order valence-electron chi connectivity index (χ0n) is 15.3. The Morgan fingerprint density at radius 1 is 1.07 bits per heavy atom. The van der Waals surface area contributed by atoms with Crippen LogP contribution in [0.15, 0.2) is 48.5 Å². The fourth-order valence-corrected chi connectivity index (χ4v) is 4.46. The molecule has 4 atom stereocenters. The molecule has 1 saturated heterocycles. The summed E-state index contributed by atoms with van der Waals surface area (Å²) in [6.07, 6.45) is -0.685. The van der Waals surface area contributed by atoms with E-state index in [-0.39, 0.29) is 24.2 Å². The highest BCUT2D eigenvalue weighted by Gasteiger charge is 2.43. The maximum atomic E-state index is 13.3. The molecular formula is C22H24F3NO. The van der Waals surface area contributed by atoms with E-state index in [0.29, 0.717) is 5.56 Å². The van der Waals surface area contributed by atoms with Crippen molar-refractivity contribution >= 4 is 5.69 Å². The van der Waals surface area contributed by atoms with Crippen LogP contribution in [-0.2, 0) is 10.9 Å². The number of hydrogen-bond acceptors (Lipinski definition) is 2. The molecule has 0 aromatic heterocycles. The SMILES string of the molecule is CCC[C@H]1CC[C@@H]2[C@H](O1)c1cc(C(F)(F)F)ccc1N[C@H]2c1ccccc1. The van der Waals surface area contributed by atoms with Crippen LogP contribution in [0.25, 0.3) is 0 Å². The van der Waals surface area contributed by atoms with Crippen LogP contribution in [-0.4, -0.2) is 6.10 Å². The molecule has 0 bridgehead atoms. The summed E-state index contributed by atoms with van der Waals surface area (Å²) in [6.45, 7) is 2.11. The van der Waals surface area contributed by atoms with Gasteiger partial charge in [0, 0.05) is 17.2 Å². The molecule has 0 aliphatic carbocycles. The summed E-state index contributed by atoms with van der Waals surface area (Å²) in [5.74, 6) is 0.122. The zero-order chi connectivity index (χ0) is 19.0. The number of benzene rings is 2. The first kappa shape index (κ1) is 18.4. The molecular weight excluding hydrogens is 351 g/mol. The Morgan fingerprint density at radius 2 is 1.85 bits per heavy atom. The molecule has 2 heterocycles. The van der Waals surface area contributed by atoms with E-state index in [0.717, 1.165) is 43.0 Å². The van der Waals surface area contributed by atoms with Crippen molar-refractivity contribution in [2.45, 2.75) is 57.0 Å². The van der Waals surface area contributed by atoms with Gasteiger partial charge in [0.05, 0.1) is 23.8 Å². The van der Waals surface area contributed by atoms with Crippen molar-refractivity contribution in [3.05, 3.63) is 65.2 Å². The fourth-order valence-electron chi connectivity index (χ4n) is 4.46. The number of halogens is 3. The summed E-state index contributed by atoms with van der Waals surface area (Å²) in [5, 5.41) is 3.49. The normalized spacial score (nSPS) is 27.4. The Balaban J connectivity index is 1.75. The summed E-state index contributed by atoms with van der Waals surface area (Å²) in [5.41, 5.74) is 1.93. The molecule has 2 nitrogen and oxygen atoms in total. The molecule has 2 aliphatic heterocycles. The third kappa shape index (κ3) is 3.57. The predicted octanol–water partition coefficient (Wildman–Crippen LogP) is 6.51. The van der Waals surface area contributed by atoms with Gasteiger partial charge in [-0.15, -0.1) is 0 Å². The standard InChI is InChI=1S/C22H24F3NO/c1-2-6-16-10-11-17-20(14-7-4-3-5-8-14)26-19-12-9-15(22(23,24)25)13-18(19)21(17)27-16/h3-5,7-9,12-13,16-17,20-21,26H,2,6,10-11H2,1H3/t16-,17-,20-,21-/m0/s1. The van der Waals surface area contributed by atoms with Gasteiger partial charge in [-0.05, 0) is 43.0 Å². The van der Waals surface area contributed by atoms with E-state index in [1.165, 1.54) is 6.07 Å². The lowest BCUT2D eigenvalue weighted by atomic mass is 9.76. The molecule has 0 spiro atoms. The van der Waals surface area contributed by atoms with Crippen molar-refractivity contribution < 1.29 is 17.9 Å². The molecule has 4 rings (SSSR count). The quantitative estimate of drug-likeness (QED) is 0.660. The zero-order valence-corrected chi connectivity index (χ0v) is 15.3. The highest BCUT2D eigenvalue weighted by molar-refractivity contribution is 5.58. The van der Waals surface area contributed by atoms with Gasteiger partial charge in [-0.2, -0.15) is 13.2 Å². The number of alkyl halides is 3. The Morgan fingerprint density at radius 3 is 2.56 bits per heavy atom. The molecule has 0 saturated carbocycles. The molecule has 1 N–H and O–H groups in total. The minimum atomic E-state index is -4.35. The number of ether oxygens (including phenoxy) is 1. The van der Waals surface area contributed by atoms with Crippen molar-refractivity contribution in [1.82, 2.24) is 0 Å². The third-order valence-corrected chi connectivity index (χ3v) is 5.74. The topological polar surface area (TPSA) is 21.3 Å². The molecule has 2 aromatic carbocycles. The lowest BCUT2D eigenvalue weighted by Gasteiger charge is -2.46. The Labute approximate surface area is 157 Å². The summed E-state index contributed by atoms with van der Waals surface area (Å²) in [6, 6.07) is 14.1. The Kier molecular flexibility index (Phi) is 4.89. The summed E-state index contributed by atoms with van der Waals surface area (Å²) < 4.78 is 46.1. The molecule has 5 heteroatoms. The van der Waals surface area contributed by atoms with Gasteiger partial charge in [0.15, 0.2) is 0 Å². The Hall–Kier alpha value is -2.01. The van der Waals surface area contributed by atoms with Gasteiger partial charge in [-0.25, -0.2) is 0 Å². The van der Waals surface area contributed by atoms with Gasteiger partial charge in [-0.1, -0.05) is 43.7 Å². The van der Waals surface area contributed by atoms with Crippen LogP contribution in [0.4, 0.5) is 18.9 Å². The average molecular weight is 375 g/mol. The van der Waals surface area contributed by atoms with E-state index in [1.807, 2.05) is 18.2 Å². The Bertz CT molecular complexity index is 790. The average Bonchev–Trinajstić information content (AvgIpc) is 2.67. The van der Waals surface area contributed by atoms with Gasteiger partial charge in [0.25, 0.3) is 0 Å². The summed E-state index contributed by atoms with van der Waals surface area (Å²) in [4.78, 5) is 0. The van der Waals surface area contributed by atoms with E-state index in [9.17, 15) is 13.2 Å². The monoisotopic (exact) mass is 375 g/mol. The van der Waals surface area contributed by atoms with Crippen molar-refractivity contribution in [2.24, 2.45) is 5.92 Å². The minimum Gasteiger partial charge on any atom is -0.378 e. The fraction of sp³-hybridized carbons (Fsp3) is 0.455. The molecule has 2 aliphatic rings. The molecule has 1 fully saturated rings. The number of rotatable bonds is 3. The first-order valence-corrected chi connectivity index (χ1v) is 9.65. The molecule has 144 valence electrons. The van der Waals surface area contributed by atoms with Crippen LogP contribution in [0.1, 0.15) is 61.4 Å². The third-order valence-electron chi connectivity index (χ3n) is 5.74. The van der Waals surface area contributed by atoms with Gasteiger partial charge in [-0.3, -0.25) is 0 Å². The van der Waals surface area contributed by atoms with Gasteiger partial charge < -0.3 is 10.1 Å². The molecule has 2 aromatic rings. The maximum Gasteiger partial charge on any atom is 0.416 e. The van der Waals surface area contributed by atoms with Crippen LogP contribution in [0.2, 0.25) is 0 Å². The minimum absolute atomic E-state index is 0.0445. The number of fused-ring (bicyclic) bond motifs is 3. The van der Waals surface area contributed by atoms with E-state index >= 15 is 0 Å². The predicted molar refractivity (Wildman–Crippen MR) is 99.5 cm³/mol. The van der Waals surface area contributed by atoms with Crippen molar-refractivity contribution in [3.63, 3.8) is 0 Å². The van der Waals surface area contributed by atoms with Gasteiger partial charge in [0.1, 0.15) is 0 Å². The lowest BCUT2D eigenvalue weighted by molar-refractivity contribution is -0.138. The van der Waals surface area contributed by atoms with E-state index < -0.39 is 11.7 Å². The van der Waals surface area contributed by atoms with E-state index in [4.69, 9.17) is 4.74 Å². The van der Waals surface area contributed by atoms with Crippen molar-refractivity contribution in [2.75, 3.05) is 5.32 Å². The molecule has 0 radical (unpaired) electrons. The second-order valence-corrected chi connectivity index (χ2v) is 7.54. The molecule has 0 amide bonds. The highest BCUT2D eigenvalue weighted by atomic mass is 19.4.